The van der Waals surface area contributed by atoms with Crippen LogP contribution >= 0.6 is 0 Å². The van der Waals surface area contributed by atoms with Crippen LogP contribution in [-0.2, 0) is 6.54 Å². The summed E-state index contributed by atoms with van der Waals surface area (Å²) in [6.07, 6.45) is 0. The molecule has 2 rings (SSSR count). The lowest BCUT2D eigenvalue weighted by atomic mass is 10.2. The summed E-state index contributed by atoms with van der Waals surface area (Å²) >= 11 is 0. The van der Waals surface area contributed by atoms with E-state index in [1.165, 1.54) is 17.0 Å². The van der Waals surface area contributed by atoms with Crippen molar-refractivity contribution in [3.8, 4) is 0 Å². The number of halogens is 1. The maximum atomic E-state index is 12.8. The van der Waals surface area contributed by atoms with Crippen molar-refractivity contribution in [2.24, 2.45) is 0 Å². The van der Waals surface area contributed by atoms with Gasteiger partial charge < -0.3 is 14.7 Å². The van der Waals surface area contributed by atoms with E-state index in [-0.39, 0.29) is 11.8 Å². The van der Waals surface area contributed by atoms with Gasteiger partial charge in [-0.2, -0.15) is 0 Å². The number of hydrogen-bond donors (Lipinski definition) is 1. The van der Waals surface area contributed by atoms with Crippen molar-refractivity contribution >= 4 is 11.7 Å². The van der Waals surface area contributed by atoms with E-state index in [1.54, 1.807) is 33.0 Å². The van der Waals surface area contributed by atoms with Crippen LogP contribution in [0.15, 0.2) is 28.8 Å². The zero-order valence-electron chi connectivity index (χ0n) is 11.6. The topological polar surface area (TPSA) is 58.4 Å². The fourth-order valence-electron chi connectivity index (χ4n) is 1.80. The Morgan fingerprint density at radius 2 is 2.00 bits per heavy atom. The molecule has 0 aliphatic rings. The van der Waals surface area contributed by atoms with Gasteiger partial charge in [-0.15, -0.1) is 0 Å². The largest absolute Gasteiger partial charge is 0.359 e. The van der Waals surface area contributed by atoms with Gasteiger partial charge in [0.1, 0.15) is 17.2 Å². The van der Waals surface area contributed by atoms with E-state index in [9.17, 15) is 9.18 Å². The molecule has 6 heteroatoms. The van der Waals surface area contributed by atoms with Gasteiger partial charge in [0, 0.05) is 13.6 Å². The SMILES string of the molecule is Cc1noc(C)c1NC(=O)N(C)Cc1ccc(F)cc1. The van der Waals surface area contributed by atoms with Gasteiger partial charge in [-0.05, 0) is 31.5 Å². The zero-order valence-corrected chi connectivity index (χ0v) is 11.6. The Morgan fingerprint density at radius 3 is 2.55 bits per heavy atom. The molecule has 2 aromatic rings. The van der Waals surface area contributed by atoms with Gasteiger partial charge in [0.25, 0.3) is 0 Å². The summed E-state index contributed by atoms with van der Waals surface area (Å²) in [5.74, 6) is 0.266. The van der Waals surface area contributed by atoms with Crippen molar-refractivity contribution in [2.75, 3.05) is 12.4 Å². The molecule has 0 atom stereocenters. The number of urea groups is 1. The molecule has 0 bridgehead atoms. The molecule has 5 nitrogen and oxygen atoms in total. The van der Waals surface area contributed by atoms with Gasteiger partial charge in [-0.3, -0.25) is 0 Å². The number of amides is 2. The Morgan fingerprint density at radius 1 is 1.35 bits per heavy atom. The number of aryl methyl sites for hydroxylation is 2. The van der Waals surface area contributed by atoms with Gasteiger partial charge in [0.15, 0.2) is 5.76 Å². The molecule has 0 radical (unpaired) electrons. The van der Waals surface area contributed by atoms with Crippen molar-refractivity contribution < 1.29 is 13.7 Å². The first-order valence-electron chi connectivity index (χ1n) is 6.17. The molecule has 1 aromatic heterocycles. The monoisotopic (exact) mass is 277 g/mol. The number of carbonyl (C=O) groups excluding carboxylic acids is 1. The highest BCUT2D eigenvalue weighted by Crippen LogP contribution is 2.19. The lowest BCUT2D eigenvalue weighted by molar-refractivity contribution is 0.220. The Labute approximate surface area is 116 Å². The van der Waals surface area contributed by atoms with E-state index in [0.29, 0.717) is 23.7 Å². The summed E-state index contributed by atoms with van der Waals surface area (Å²) in [7, 11) is 1.66. The highest BCUT2D eigenvalue weighted by Gasteiger charge is 2.15. The van der Waals surface area contributed by atoms with E-state index in [2.05, 4.69) is 10.5 Å². The number of hydrogen-bond acceptors (Lipinski definition) is 3. The Hall–Kier alpha value is -2.37. The van der Waals surface area contributed by atoms with Gasteiger partial charge >= 0.3 is 6.03 Å². The molecule has 0 aliphatic carbocycles. The molecule has 0 saturated carbocycles. The lowest BCUT2D eigenvalue weighted by Crippen LogP contribution is -2.31. The molecule has 1 aromatic carbocycles. The van der Waals surface area contributed by atoms with E-state index in [4.69, 9.17) is 4.52 Å². The van der Waals surface area contributed by atoms with Crippen LogP contribution in [0.25, 0.3) is 0 Å². The zero-order chi connectivity index (χ0) is 14.7. The van der Waals surface area contributed by atoms with Crippen LogP contribution < -0.4 is 5.32 Å². The van der Waals surface area contributed by atoms with Gasteiger partial charge in [-0.1, -0.05) is 17.3 Å². The van der Waals surface area contributed by atoms with E-state index in [1.807, 2.05) is 0 Å². The standard InChI is InChI=1S/C14H16FN3O2/c1-9-13(10(2)20-17-9)16-14(19)18(3)8-11-4-6-12(15)7-5-11/h4-7H,8H2,1-3H3,(H,16,19). The molecule has 1 heterocycles. The molecule has 0 spiro atoms. The predicted molar refractivity (Wildman–Crippen MR) is 72.9 cm³/mol. The molecule has 0 fully saturated rings. The summed E-state index contributed by atoms with van der Waals surface area (Å²) in [5, 5.41) is 6.52. The maximum Gasteiger partial charge on any atom is 0.322 e. The smallest absolute Gasteiger partial charge is 0.322 e. The number of nitrogens with one attached hydrogen (secondary N) is 1. The first-order valence-corrected chi connectivity index (χ1v) is 6.17. The highest BCUT2D eigenvalue weighted by molar-refractivity contribution is 5.90. The first kappa shape index (κ1) is 14.0. The third kappa shape index (κ3) is 3.14. The predicted octanol–water partition coefficient (Wildman–Crippen LogP) is 3.09. The third-order valence-corrected chi connectivity index (χ3v) is 2.95. The Kier molecular flexibility index (Phi) is 4.02. The number of anilines is 1. The second kappa shape index (κ2) is 5.73. The van der Waals surface area contributed by atoms with Crippen molar-refractivity contribution in [2.45, 2.75) is 20.4 Å². The minimum Gasteiger partial charge on any atom is -0.359 e. The average Bonchev–Trinajstić information content (AvgIpc) is 2.73. The number of rotatable bonds is 3. The summed E-state index contributed by atoms with van der Waals surface area (Å²) in [5.41, 5.74) is 2.06. The maximum absolute atomic E-state index is 12.8. The van der Waals surface area contributed by atoms with Gasteiger partial charge in [0.05, 0.1) is 0 Å². The summed E-state index contributed by atoms with van der Waals surface area (Å²) in [4.78, 5) is 13.6. The molecule has 0 unspecified atom stereocenters. The highest BCUT2D eigenvalue weighted by atomic mass is 19.1. The molecule has 2 amide bonds. The summed E-state index contributed by atoms with van der Waals surface area (Å²) < 4.78 is 17.8. The normalized spacial score (nSPS) is 10.4. The van der Waals surface area contributed by atoms with E-state index >= 15 is 0 Å². The summed E-state index contributed by atoms with van der Waals surface area (Å²) in [6.45, 7) is 3.87. The number of benzene rings is 1. The molecular formula is C14H16FN3O2. The minimum absolute atomic E-state index is 0.274. The van der Waals surface area contributed by atoms with Crippen LogP contribution in [0.4, 0.5) is 14.9 Å². The quantitative estimate of drug-likeness (QED) is 0.937. The van der Waals surface area contributed by atoms with Crippen molar-refractivity contribution in [3.63, 3.8) is 0 Å². The van der Waals surface area contributed by atoms with E-state index < -0.39 is 0 Å². The molecule has 0 aliphatic heterocycles. The fraction of sp³-hybridized carbons (Fsp3) is 0.286. The molecule has 1 N–H and O–H groups in total. The lowest BCUT2D eigenvalue weighted by Gasteiger charge is -2.17. The van der Waals surface area contributed by atoms with Gasteiger partial charge in [0.2, 0.25) is 0 Å². The Balaban J connectivity index is 2.00. The second-order valence-corrected chi connectivity index (χ2v) is 4.61. The van der Waals surface area contributed by atoms with Crippen molar-refractivity contribution in [1.29, 1.82) is 0 Å². The van der Waals surface area contributed by atoms with Crippen molar-refractivity contribution in [1.82, 2.24) is 10.1 Å². The number of nitrogens with zero attached hydrogens (tertiary/aromatic N) is 2. The van der Waals surface area contributed by atoms with Gasteiger partial charge in [-0.25, -0.2) is 9.18 Å². The van der Waals surface area contributed by atoms with Crippen LogP contribution in [0, 0.1) is 19.7 Å². The summed E-state index contributed by atoms with van der Waals surface area (Å²) in [6, 6.07) is 5.76. The third-order valence-electron chi connectivity index (χ3n) is 2.95. The van der Waals surface area contributed by atoms with Crippen LogP contribution in [0.3, 0.4) is 0 Å². The second-order valence-electron chi connectivity index (χ2n) is 4.61. The van der Waals surface area contributed by atoms with Crippen LogP contribution in [0.1, 0.15) is 17.0 Å². The number of aromatic nitrogens is 1. The van der Waals surface area contributed by atoms with Crippen LogP contribution in [0.2, 0.25) is 0 Å². The molecule has 20 heavy (non-hydrogen) atoms. The van der Waals surface area contributed by atoms with Crippen molar-refractivity contribution in [3.05, 3.63) is 47.1 Å². The van der Waals surface area contributed by atoms with E-state index in [0.717, 1.165) is 5.56 Å². The van der Waals surface area contributed by atoms with Crippen LogP contribution in [-0.4, -0.2) is 23.1 Å². The first-order chi connectivity index (χ1) is 9.47. The van der Waals surface area contributed by atoms with Crippen LogP contribution in [0.5, 0.6) is 0 Å². The average molecular weight is 277 g/mol. The molecular weight excluding hydrogens is 261 g/mol. The Bertz CT molecular complexity index is 588. The minimum atomic E-state index is -0.295. The fourth-order valence-corrected chi connectivity index (χ4v) is 1.80. The molecule has 106 valence electrons. The molecule has 0 saturated heterocycles. The number of carbonyl (C=O) groups is 1.